The molecule has 0 amide bonds. The molecule has 2 aromatic carbocycles. The number of aliphatic hydroxyl groups is 4. The minimum Gasteiger partial charge on any atom is -0.394 e. The molecule has 4 N–H and O–H groups in total. The number of Topliss-reactive ketones (excluding diaryl/α,β-unsaturated/α-hetero) is 1. The number of halogens is 2. The normalized spacial score (nSPS) is 39.3. The van der Waals surface area contributed by atoms with Crippen molar-refractivity contribution in [3.05, 3.63) is 95.1 Å². The molecule has 0 aromatic heterocycles. The number of rotatable bonds is 9. The van der Waals surface area contributed by atoms with Gasteiger partial charge < -0.3 is 20.4 Å². The van der Waals surface area contributed by atoms with E-state index in [0.717, 1.165) is 37.0 Å². The van der Waals surface area contributed by atoms with Gasteiger partial charge in [0.1, 0.15) is 0 Å². The molecular formula is C39H47F2NO5. The minimum atomic E-state index is -1.15. The Morgan fingerprint density at radius 2 is 1.66 bits per heavy atom. The highest BCUT2D eigenvalue weighted by Crippen LogP contribution is 2.78. The number of nitrogens with zero attached hydrogens (tertiary/aromatic N) is 1. The lowest BCUT2D eigenvalue weighted by Gasteiger charge is -2.71. The molecular weight excluding hydrogens is 600 g/mol. The summed E-state index contributed by atoms with van der Waals surface area (Å²) in [5.41, 5.74) is -1.51. The van der Waals surface area contributed by atoms with Gasteiger partial charge >= 0.3 is 0 Å². The summed E-state index contributed by atoms with van der Waals surface area (Å²) in [7, 11) is 0. The van der Waals surface area contributed by atoms with Crippen LogP contribution in [0.25, 0.3) is 0 Å². The first-order chi connectivity index (χ1) is 22.3. The van der Waals surface area contributed by atoms with Gasteiger partial charge in [0.25, 0.3) is 0 Å². The second kappa shape index (κ2) is 11.4. The number of fused-ring (bicyclic) bond motifs is 1. The Morgan fingerprint density at radius 1 is 0.957 bits per heavy atom. The third-order valence-electron chi connectivity index (χ3n) is 13.6. The highest BCUT2D eigenvalue weighted by molar-refractivity contribution is 6.10. The Bertz CT molecular complexity index is 1610. The van der Waals surface area contributed by atoms with Crippen molar-refractivity contribution in [2.24, 2.45) is 33.5 Å². The van der Waals surface area contributed by atoms with E-state index in [0.29, 0.717) is 44.3 Å². The lowest BCUT2D eigenvalue weighted by atomic mass is 9.32. The average Bonchev–Trinajstić information content (AvgIpc) is 3.32. The first-order valence-electron chi connectivity index (χ1n) is 17.2. The van der Waals surface area contributed by atoms with E-state index >= 15 is 0 Å². The summed E-state index contributed by atoms with van der Waals surface area (Å²) in [6, 6.07) is 13.2. The molecule has 9 atom stereocenters. The van der Waals surface area contributed by atoms with Crippen molar-refractivity contribution in [2.45, 2.75) is 83.1 Å². The Kier molecular flexibility index (Phi) is 7.96. The molecule has 0 radical (unpaired) electrons. The fourth-order valence-corrected chi connectivity index (χ4v) is 11.1. The Hall–Kier alpha value is -2.75. The number of benzene rings is 2. The molecule has 3 saturated carbocycles. The number of hydrogen-bond acceptors (Lipinski definition) is 6. The molecule has 0 heterocycles. The Labute approximate surface area is 275 Å². The fourth-order valence-electron chi connectivity index (χ4n) is 11.1. The van der Waals surface area contributed by atoms with Crippen LogP contribution in [0.2, 0.25) is 0 Å². The van der Waals surface area contributed by atoms with Crippen LogP contribution in [0.5, 0.6) is 0 Å². The molecule has 8 rings (SSSR count). The van der Waals surface area contributed by atoms with Crippen molar-refractivity contribution >= 4 is 5.78 Å². The van der Waals surface area contributed by atoms with Crippen LogP contribution in [-0.2, 0) is 6.54 Å². The predicted octanol–water partition coefficient (Wildman–Crippen LogP) is 5.59. The molecule has 8 heteroatoms. The number of carbonyl (C=O) groups is 1. The summed E-state index contributed by atoms with van der Waals surface area (Å²) in [4.78, 5) is 16.6. The van der Waals surface area contributed by atoms with Crippen molar-refractivity contribution in [1.29, 1.82) is 0 Å². The van der Waals surface area contributed by atoms with Crippen LogP contribution in [-0.4, -0.2) is 68.6 Å². The van der Waals surface area contributed by atoms with E-state index in [1.165, 1.54) is 6.07 Å². The van der Waals surface area contributed by atoms with E-state index in [2.05, 4.69) is 32.1 Å². The number of ketones is 1. The van der Waals surface area contributed by atoms with Gasteiger partial charge in [-0.3, -0.25) is 9.69 Å². The van der Waals surface area contributed by atoms with Crippen LogP contribution >= 0.6 is 0 Å². The largest absolute Gasteiger partial charge is 0.394 e. The van der Waals surface area contributed by atoms with Crippen molar-refractivity contribution < 1.29 is 34.0 Å². The van der Waals surface area contributed by atoms with Crippen LogP contribution in [0.1, 0.15) is 74.7 Å². The summed E-state index contributed by atoms with van der Waals surface area (Å²) in [6.07, 6.45) is 9.74. The quantitative estimate of drug-likeness (QED) is 0.209. The van der Waals surface area contributed by atoms with Gasteiger partial charge in [0.05, 0.1) is 24.4 Å². The Balaban J connectivity index is 1.31. The monoisotopic (exact) mass is 647 g/mol. The molecule has 6 nitrogen and oxygen atoms in total. The van der Waals surface area contributed by atoms with Crippen molar-refractivity contribution in [3.8, 4) is 0 Å². The van der Waals surface area contributed by atoms with E-state index in [1.807, 2.05) is 35.2 Å². The van der Waals surface area contributed by atoms with Gasteiger partial charge in [-0.2, -0.15) is 0 Å². The van der Waals surface area contributed by atoms with E-state index in [4.69, 9.17) is 0 Å². The van der Waals surface area contributed by atoms with Gasteiger partial charge in [0.2, 0.25) is 0 Å². The van der Waals surface area contributed by atoms with Crippen LogP contribution in [0, 0.1) is 45.1 Å². The van der Waals surface area contributed by atoms with Crippen LogP contribution in [0.15, 0.2) is 72.3 Å². The summed E-state index contributed by atoms with van der Waals surface area (Å²) >= 11 is 0. The summed E-state index contributed by atoms with van der Waals surface area (Å²) in [5, 5.41) is 43.9. The van der Waals surface area contributed by atoms with Gasteiger partial charge in [-0.05, 0) is 86.0 Å². The zero-order chi connectivity index (χ0) is 33.4. The summed E-state index contributed by atoms with van der Waals surface area (Å²) < 4.78 is 28.5. The molecule has 2 spiro atoms. The maximum Gasteiger partial charge on any atom is 0.189 e. The van der Waals surface area contributed by atoms with Gasteiger partial charge in [-0.15, -0.1) is 0 Å². The molecule has 47 heavy (non-hydrogen) atoms. The van der Waals surface area contributed by atoms with E-state index < -0.39 is 45.7 Å². The highest BCUT2D eigenvalue weighted by atomic mass is 19.2. The third-order valence-corrected chi connectivity index (χ3v) is 13.6. The first kappa shape index (κ1) is 32.8. The van der Waals surface area contributed by atoms with E-state index in [-0.39, 0.29) is 41.7 Å². The summed E-state index contributed by atoms with van der Waals surface area (Å²) in [5.74, 6) is -2.44. The number of aliphatic hydroxyl groups excluding tert-OH is 3. The zero-order valence-corrected chi connectivity index (χ0v) is 27.3. The third kappa shape index (κ3) is 4.77. The standard InChI is InChI=1S/C39H47F2NO5/c1-35-13-10-27(44)19-37(35)16-17-39(29(20-37)34(46)26-8-9-30(40)31(41)18-26)32(35)11-14-36(2)33(39)12-15-38(36,47)24-42(22-28(45)23-43)21-25-6-4-3-5-7-25/h3-9,16-18,20,27-28,32-33,43-45,47H,10-15,19,21-24H2,1-2H3. The maximum absolute atomic E-state index is 14.6. The zero-order valence-electron chi connectivity index (χ0n) is 27.3. The van der Waals surface area contributed by atoms with E-state index in [1.54, 1.807) is 0 Å². The average molecular weight is 648 g/mol. The number of carbonyl (C=O) groups excluding carboxylic acids is 1. The summed E-state index contributed by atoms with van der Waals surface area (Å²) in [6.45, 7) is 5.06. The number of hydrogen-bond donors (Lipinski definition) is 4. The van der Waals surface area contributed by atoms with Crippen LogP contribution in [0.4, 0.5) is 8.78 Å². The SMILES string of the molecule is CC12CCC(O)CC13C=CC1(C(C(=O)c4ccc(F)c(F)c4)=C3)C2CCC2(C)C1CCC2(O)CN(Cc1ccccc1)CC(O)CO. The molecule has 6 aliphatic rings. The Morgan fingerprint density at radius 3 is 2.38 bits per heavy atom. The van der Waals surface area contributed by atoms with Crippen molar-refractivity contribution in [2.75, 3.05) is 19.7 Å². The van der Waals surface area contributed by atoms with Gasteiger partial charge in [-0.1, -0.05) is 62.4 Å². The second-order valence-electron chi connectivity index (χ2n) is 15.8. The van der Waals surface area contributed by atoms with Gasteiger partial charge in [0, 0.05) is 47.0 Å². The molecule has 2 aromatic rings. The second-order valence-corrected chi connectivity index (χ2v) is 15.8. The molecule has 0 aliphatic heterocycles. The number of allylic oxidation sites excluding steroid dienone is 4. The van der Waals surface area contributed by atoms with Crippen molar-refractivity contribution in [1.82, 2.24) is 4.90 Å². The first-order valence-corrected chi connectivity index (χ1v) is 17.2. The highest BCUT2D eigenvalue weighted by Gasteiger charge is 2.74. The molecule has 3 fully saturated rings. The molecule has 6 aliphatic carbocycles. The molecule has 252 valence electrons. The maximum atomic E-state index is 14.6. The topological polar surface area (TPSA) is 101 Å². The molecule has 0 saturated heterocycles. The predicted molar refractivity (Wildman–Crippen MR) is 174 cm³/mol. The van der Waals surface area contributed by atoms with Gasteiger partial charge in [-0.25, -0.2) is 8.78 Å². The van der Waals surface area contributed by atoms with E-state index in [9.17, 15) is 34.0 Å². The minimum absolute atomic E-state index is 0.0683. The van der Waals surface area contributed by atoms with Crippen LogP contribution in [0.3, 0.4) is 0 Å². The van der Waals surface area contributed by atoms with Crippen molar-refractivity contribution in [3.63, 3.8) is 0 Å². The fraction of sp³-hybridized carbons (Fsp3) is 0.564. The smallest absolute Gasteiger partial charge is 0.189 e. The van der Waals surface area contributed by atoms with Crippen LogP contribution < -0.4 is 0 Å². The lowest BCUT2D eigenvalue weighted by molar-refractivity contribution is -0.177. The molecule has 9 unspecified atom stereocenters. The lowest BCUT2D eigenvalue weighted by Crippen LogP contribution is -2.67. The molecule has 2 bridgehead atoms. The van der Waals surface area contributed by atoms with Gasteiger partial charge in [0.15, 0.2) is 17.4 Å².